The summed E-state index contributed by atoms with van der Waals surface area (Å²) in [6.07, 6.45) is 2.47. The van der Waals surface area contributed by atoms with E-state index in [9.17, 15) is 4.39 Å². The number of nitrogens with two attached hydrogens (primary N) is 1. The summed E-state index contributed by atoms with van der Waals surface area (Å²) < 4.78 is 13.6. The fraction of sp³-hybridized carbons (Fsp3) is 0.529. The summed E-state index contributed by atoms with van der Waals surface area (Å²) in [6, 6.07) is 5.04. The van der Waals surface area contributed by atoms with Crippen LogP contribution in [0.4, 0.5) is 4.39 Å². The molecule has 2 rings (SSSR count). The van der Waals surface area contributed by atoms with Crippen LogP contribution >= 0.6 is 0 Å². The van der Waals surface area contributed by atoms with Crippen molar-refractivity contribution in [2.45, 2.75) is 33.2 Å². The third-order valence-corrected chi connectivity index (χ3v) is 3.68. The van der Waals surface area contributed by atoms with Crippen molar-refractivity contribution in [2.24, 2.45) is 11.1 Å². The minimum Gasteiger partial charge on any atom is -0.320 e. The molecule has 1 aromatic rings. The lowest BCUT2D eigenvalue weighted by Crippen LogP contribution is -2.39. The number of likely N-dealkylation sites (tertiary alicyclic amines) is 1. The number of hydrogen-bond acceptors (Lipinski definition) is 2. The van der Waals surface area contributed by atoms with Gasteiger partial charge in [0.1, 0.15) is 5.82 Å². The van der Waals surface area contributed by atoms with Gasteiger partial charge in [-0.2, -0.15) is 0 Å². The van der Waals surface area contributed by atoms with Gasteiger partial charge < -0.3 is 5.73 Å². The summed E-state index contributed by atoms with van der Waals surface area (Å²) in [5.74, 6) is 5.46. The summed E-state index contributed by atoms with van der Waals surface area (Å²) in [6.45, 7) is 7.83. The first-order valence-electron chi connectivity index (χ1n) is 7.19. The van der Waals surface area contributed by atoms with E-state index in [2.05, 4.69) is 30.6 Å². The average Bonchev–Trinajstić information content (AvgIpc) is 2.34. The lowest BCUT2D eigenvalue weighted by Gasteiger charge is -2.38. The molecule has 0 aliphatic carbocycles. The molecule has 0 radical (unpaired) electrons. The Morgan fingerprint density at radius 3 is 2.85 bits per heavy atom. The van der Waals surface area contributed by atoms with Gasteiger partial charge >= 0.3 is 0 Å². The van der Waals surface area contributed by atoms with E-state index in [1.807, 2.05) is 6.07 Å². The highest BCUT2D eigenvalue weighted by atomic mass is 19.1. The molecule has 0 saturated carbocycles. The van der Waals surface area contributed by atoms with Crippen molar-refractivity contribution < 1.29 is 4.39 Å². The highest BCUT2D eigenvalue weighted by Crippen LogP contribution is 2.29. The first kappa shape index (κ1) is 15.0. The summed E-state index contributed by atoms with van der Waals surface area (Å²) in [4.78, 5) is 2.40. The number of hydrogen-bond donors (Lipinski definition) is 1. The Labute approximate surface area is 121 Å². The van der Waals surface area contributed by atoms with Crippen LogP contribution in [0.25, 0.3) is 0 Å². The van der Waals surface area contributed by atoms with Gasteiger partial charge in [-0.25, -0.2) is 4.39 Å². The van der Waals surface area contributed by atoms with E-state index in [0.717, 1.165) is 25.2 Å². The van der Waals surface area contributed by atoms with E-state index in [-0.39, 0.29) is 5.82 Å². The normalized spacial score (nSPS) is 18.4. The molecule has 0 atom stereocenters. The number of rotatable bonds is 2. The van der Waals surface area contributed by atoms with Crippen molar-refractivity contribution in [3.8, 4) is 11.8 Å². The highest BCUT2D eigenvalue weighted by molar-refractivity contribution is 5.38. The molecule has 1 fully saturated rings. The fourth-order valence-corrected chi connectivity index (χ4v) is 2.90. The van der Waals surface area contributed by atoms with Crippen LogP contribution in [0.1, 0.15) is 37.8 Å². The molecule has 108 valence electrons. The Kier molecular flexibility index (Phi) is 4.80. The third-order valence-electron chi connectivity index (χ3n) is 3.68. The second kappa shape index (κ2) is 6.39. The molecule has 1 aliphatic heterocycles. The Morgan fingerprint density at radius 1 is 1.35 bits per heavy atom. The number of halogens is 1. The van der Waals surface area contributed by atoms with Gasteiger partial charge in [0, 0.05) is 18.7 Å². The highest BCUT2D eigenvalue weighted by Gasteiger charge is 2.26. The van der Waals surface area contributed by atoms with E-state index < -0.39 is 0 Å². The van der Waals surface area contributed by atoms with Crippen LogP contribution in [-0.4, -0.2) is 24.5 Å². The van der Waals surface area contributed by atoms with Crippen LogP contribution < -0.4 is 5.73 Å². The SMILES string of the molecule is CC1(C)CCCN(Cc2cc(F)cc(C#CCN)c2)C1. The van der Waals surface area contributed by atoms with Crippen LogP contribution in [0.5, 0.6) is 0 Å². The molecular formula is C17H23FN2. The maximum Gasteiger partial charge on any atom is 0.124 e. The van der Waals surface area contributed by atoms with Crippen molar-refractivity contribution in [1.82, 2.24) is 4.90 Å². The van der Waals surface area contributed by atoms with Crippen LogP contribution in [0.2, 0.25) is 0 Å². The monoisotopic (exact) mass is 274 g/mol. The molecule has 0 bridgehead atoms. The van der Waals surface area contributed by atoms with Gasteiger partial charge in [0.15, 0.2) is 0 Å². The molecule has 1 aromatic carbocycles. The Balaban J connectivity index is 2.11. The molecule has 0 aromatic heterocycles. The minimum absolute atomic E-state index is 0.222. The third kappa shape index (κ3) is 4.33. The van der Waals surface area contributed by atoms with Gasteiger partial charge in [-0.3, -0.25) is 4.90 Å². The smallest absolute Gasteiger partial charge is 0.124 e. The molecule has 1 aliphatic rings. The van der Waals surface area contributed by atoms with Crippen LogP contribution in [-0.2, 0) is 6.54 Å². The van der Waals surface area contributed by atoms with Gasteiger partial charge in [-0.05, 0) is 48.6 Å². The second-order valence-corrected chi connectivity index (χ2v) is 6.33. The van der Waals surface area contributed by atoms with Crippen molar-refractivity contribution in [3.05, 3.63) is 35.1 Å². The van der Waals surface area contributed by atoms with Gasteiger partial charge in [0.05, 0.1) is 6.54 Å². The van der Waals surface area contributed by atoms with Crippen LogP contribution in [0.15, 0.2) is 18.2 Å². The molecule has 0 amide bonds. The predicted molar refractivity (Wildman–Crippen MR) is 80.6 cm³/mol. The quantitative estimate of drug-likeness (QED) is 0.840. The van der Waals surface area contributed by atoms with Crippen LogP contribution in [0.3, 0.4) is 0 Å². The molecule has 1 heterocycles. The maximum atomic E-state index is 13.6. The first-order valence-corrected chi connectivity index (χ1v) is 7.19. The summed E-state index contributed by atoms with van der Waals surface area (Å²) in [5.41, 5.74) is 7.41. The number of nitrogens with zero attached hydrogens (tertiary/aromatic N) is 1. The molecule has 3 heteroatoms. The molecule has 0 spiro atoms. The first-order chi connectivity index (χ1) is 9.48. The van der Waals surface area contributed by atoms with Crippen molar-refractivity contribution in [3.63, 3.8) is 0 Å². The van der Waals surface area contributed by atoms with Gasteiger partial charge in [-0.15, -0.1) is 0 Å². The van der Waals surface area contributed by atoms with Crippen molar-refractivity contribution in [1.29, 1.82) is 0 Å². The Hall–Kier alpha value is -1.37. The zero-order chi connectivity index (χ0) is 14.6. The van der Waals surface area contributed by atoms with E-state index >= 15 is 0 Å². The van der Waals surface area contributed by atoms with Gasteiger partial charge in [0.25, 0.3) is 0 Å². The molecular weight excluding hydrogens is 251 g/mol. The lowest BCUT2D eigenvalue weighted by atomic mass is 9.84. The van der Waals surface area contributed by atoms with E-state index in [0.29, 0.717) is 17.5 Å². The number of piperidine rings is 1. The summed E-state index contributed by atoms with van der Waals surface area (Å²) >= 11 is 0. The van der Waals surface area contributed by atoms with E-state index in [1.165, 1.54) is 18.9 Å². The fourth-order valence-electron chi connectivity index (χ4n) is 2.90. The molecule has 2 N–H and O–H groups in total. The van der Waals surface area contributed by atoms with Crippen LogP contribution in [0, 0.1) is 23.1 Å². The zero-order valence-electron chi connectivity index (χ0n) is 12.4. The zero-order valence-corrected chi connectivity index (χ0v) is 12.4. The molecule has 1 saturated heterocycles. The Morgan fingerprint density at radius 2 is 2.15 bits per heavy atom. The van der Waals surface area contributed by atoms with Gasteiger partial charge in [-0.1, -0.05) is 25.7 Å². The largest absolute Gasteiger partial charge is 0.320 e. The maximum absolute atomic E-state index is 13.6. The van der Waals surface area contributed by atoms with Crippen molar-refractivity contribution >= 4 is 0 Å². The number of benzene rings is 1. The minimum atomic E-state index is -0.222. The van der Waals surface area contributed by atoms with Crippen molar-refractivity contribution in [2.75, 3.05) is 19.6 Å². The van der Waals surface area contributed by atoms with E-state index in [4.69, 9.17) is 5.73 Å². The summed E-state index contributed by atoms with van der Waals surface area (Å²) in [5, 5.41) is 0. The Bertz CT molecular complexity index is 526. The predicted octanol–water partition coefficient (Wildman–Crippen LogP) is 2.76. The standard InChI is InChI=1S/C17H23FN2/c1-17(2)6-4-8-20(13-17)12-15-9-14(5-3-7-19)10-16(18)11-15/h9-11H,4,6-8,12-13,19H2,1-2H3. The lowest BCUT2D eigenvalue weighted by molar-refractivity contribution is 0.111. The topological polar surface area (TPSA) is 29.3 Å². The molecule has 0 unspecified atom stereocenters. The molecule has 20 heavy (non-hydrogen) atoms. The van der Waals surface area contributed by atoms with Gasteiger partial charge in [0.2, 0.25) is 0 Å². The molecule has 2 nitrogen and oxygen atoms in total. The summed E-state index contributed by atoms with van der Waals surface area (Å²) in [7, 11) is 0. The average molecular weight is 274 g/mol. The second-order valence-electron chi connectivity index (χ2n) is 6.33. The van der Waals surface area contributed by atoms with E-state index in [1.54, 1.807) is 6.07 Å².